The van der Waals surface area contributed by atoms with E-state index in [1.54, 1.807) is 10.7 Å². The monoisotopic (exact) mass is 253 g/mol. The summed E-state index contributed by atoms with van der Waals surface area (Å²) in [4.78, 5) is 8.88. The lowest BCUT2D eigenvalue weighted by Crippen LogP contribution is -2.06. The maximum absolute atomic E-state index is 4.47. The number of nitrogens with one attached hydrogen (secondary N) is 1. The van der Waals surface area contributed by atoms with Crippen LogP contribution in [-0.2, 0) is 13.0 Å². The lowest BCUT2D eigenvalue weighted by Gasteiger charge is -2.08. The molecule has 3 rings (SSSR count). The predicted octanol–water partition coefficient (Wildman–Crippen LogP) is 2.30. The Labute approximate surface area is 111 Å². The normalized spacial score (nSPS) is 10.8. The van der Waals surface area contributed by atoms with Crippen LogP contribution in [0.1, 0.15) is 18.2 Å². The number of rotatable bonds is 4. The molecule has 5 nitrogen and oxygen atoms in total. The summed E-state index contributed by atoms with van der Waals surface area (Å²) in [5, 5.41) is 7.42. The first-order chi connectivity index (χ1) is 9.36. The standard InChI is InChI=1S/C14H15N5/c1-2-11-4-3-7-15-12(11)10-16-13-6-9-19-14(18-13)5-8-17-19/h3-9H,2,10H2,1H3,(H,16,18). The van der Waals surface area contributed by atoms with Gasteiger partial charge in [0.2, 0.25) is 0 Å². The van der Waals surface area contributed by atoms with Crippen molar-refractivity contribution in [1.82, 2.24) is 19.6 Å². The van der Waals surface area contributed by atoms with Crippen molar-refractivity contribution in [3.63, 3.8) is 0 Å². The largest absolute Gasteiger partial charge is 0.364 e. The lowest BCUT2D eigenvalue weighted by atomic mass is 10.1. The van der Waals surface area contributed by atoms with Crippen molar-refractivity contribution in [2.45, 2.75) is 19.9 Å². The summed E-state index contributed by atoms with van der Waals surface area (Å²) in [6.07, 6.45) is 6.44. The topological polar surface area (TPSA) is 55.1 Å². The number of pyridine rings is 1. The van der Waals surface area contributed by atoms with Gasteiger partial charge < -0.3 is 5.32 Å². The zero-order valence-corrected chi connectivity index (χ0v) is 10.7. The Morgan fingerprint density at radius 2 is 2.16 bits per heavy atom. The quantitative estimate of drug-likeness (QED) is 0.775. The fourth-order valence-electron chi connectivity index (χ4n) is 2.04. The third-order valence-corrected chi connectivity index (χ3v) is 3.06. The summed E-state index contributed by atoms with van der Waals surface area (Å²) < 4.78 is 1.74. The molecule has 3 aromatic rings. The van der Waals surface area contributed by atoms with Gasteiger partial charge in [-0.2, -0.15) is 5.10 Å². The van der Waals surface area contributed by atoms with Crippen LogP contribution in [0.15, 0.2) is 42.9 Å². The average molecular weight is 253 g/mol. The highest BCUT2D eigenvalue weighted by atomic mass is 15.2. The van der Waals surface area contributed by atoms with Crippen LogP contribution in [-0.4, -0.2) is 19.6 Å². The van der Waals surface area contributed by atoms with Gasteiger partial charge in [0.1, 0.15) is 5.82 Å². The van der Waals surface area contributed by atoms with Crippen molar-refractivity contribution in [1.29, 1.82) is 0 Å². The molecule has 0 fully saturated rings. The highest BCUT2D eigenvalue weighted by Gasteiger charge is 2.02. The van der Waals surface area contributed by atoms with Gasteiger partial charge in [-0.3, -0.25) is 4.98 Å². The minimum absolute atomic E-state index is 0.682. The Kier molecular flexibility index (Phi) is 3.10. The summed E-state index contributed by atoms with van der Waals surface area (Å²) >= 11 is 0. The molecule has 3 aromatic heterocycles. The molecule has 0 saturated carbocycles. The molecule has 3 heterocycles. The molecule has 0 aliphatic carbocycles. The Balaban J connectivity index is 1.78. The number of nitrogens with zero attached hydrogens (tertiary/aromatic N) is 4. The van der Waals surface area contributed by atoms with Crippen molar-refractivity contribution in [2.75, 3.05) is 5.32 Å². The zero-order chi connectivity index (χ0) is 13.1. The molecule has 0 radical (unpaired) electrons. The van der Waals surface area contributed by atoms with E-state index >= 15 is 0 Å². The van der Waals surface area contributed by atoms with Crippen LogP contribution in [0.4, 0.5) is 5.82 Å². The number of hydrogen-bond donors (Lipinski definition) is 1. The molecule has 0 aromatic carbocycles. The smallest absolute Gasteiger partial charge is 0.157 e. The molecule has 0 bridgehead atoms. The van der Waals surface area contributed by atoms with Crippen LogP contribution in [0.2, 0.25) is 0 Å². The predicted molar refractivity (Wildman–Crippen MR) is 73.9 cm³/mol. The lowest BCUT2D eigenvalue weighted by molar-refractivity contribution is 0.928. The van der Waals surface area contributed by atoms with E-state index in [2.05, 4.69) is 33.4 Å². The van der Waals surface area contributed by atoms with Gasteiger partial charge >= 0.3 is 0 Å². The molecule has 0 atom stereocenters. The molecule has 0 amide bonds. The molecule has 0 unspecified atom stereocenters. The first-order valence-corrected chi connectivity index (χ1v) is 6.34. The van der Waals surface area contributed by atoms with Crippen LogP contribution >= 0.6 is 0 Å². The third-order valence-electron chi connectivity index (χ3n) is 3.06. The van der Waals surface area contributed by atoms with E-state index in [9.17, 15) is 0 Å². The van der Waals surface area contributed by atoms with Crippen molar-refractivity contribution in [3.05, 3.63) is 54.1 Å². The number of hydrogen-bond acceptors (Lipinski definition) is 4. The molecular weight excluding hydrogens is 238 g/mol. The summed E-state index contributed by atoms with van der Waals surface area (Å²) in [7, 11) is 0. The number of fused-ring (bicyclic) bond motifs is 1. The van der Waals surface area contributed by atoms with E-state index < -0.39 is 0 Å². The van der Waals surface area contributed by atoms with Crippen molar-refractivity contribution < 1.29 is 0 Å². The highest BCUT2D eigenvalue weighted by Crippen LogP contribution is 2.10. The molecular formula is C14H15N5. The second-order valence-corrected chi connectivity index (χ2v) is 4.26. The minimum atomic E-state index is 0.682. The zero-order valence-electron chi connectivity index (χ0n) is 10.7. The molecule has 0 aliphatic rings. The van der Waals surface area contributed by atoms with E-state index in [0.717, 1.165) is 23.6 Å². The van der Waals surface area contributed by atoms with Gasteiger partial charge in [0.15, 0.2) is 5.65 Å². The molecule has 0 saturated heterocycles. The van der Waals surface area contributed by atoms with Gasteiger partial charge in [-0.15, -0.1) is 0 Å². The maximum Gasteiger partial charge on any atom is 0.157 e. The Morgan fingerprint density at radius 1 is 1.21 bits per heavy atom. The van der Waals surface area contributed by atoms with Crippen molar-refractivity contribution >= 4 is 11.5 Å². The highest BCUT2D eigenvalue weighted by molar-refractivity contribution is 5.45. The fraction of sp³-hybridized carbons (Fsp3) is 0.214. The van der Waals surface area contributed by atoms with Crippen molar-refractivity contribution in [2.24, 2.45) is 0 Å². The first kappa shape index (κ1) is 11.6. The van der Waals surface area contributed by atoms with Crippen LogP contribution in [0.3, 0.4) is 0 Å². The molecule has 19 heavy (non-hydrogen) atoms. The van der Waals surface area contributed by atoms with E-state index in [4.69, 9.17) is 0 Å². The van der Waals surface area contributed by atoms with Gasteiger partial charge in [0.25, 0.3) is 0 Å². The van der Waals surface area contributed by atoms with Crippen LogP contribution in [0, 0.1) is 0 Å². The SMILES string of the molecule is CCc1cccnc1CNc1ccn2nccc2n1. The van der Waals surface area contributed by atoms with E-state index in [-0.39, 0.29) is 0 Å². The number of aromatic nitrogens is 4. The van der Waals surface area contributed by atoms with Gasteiger partial charge in [-0.1, -0.05) is 13.0 Å². The van der Waals surface area contributed by atoms with E-state index in [1.807, 2.05) is 30.6 Å². The van der Waals surface area contributed by atoms with Crippen LogP contribution in [0.25, 0.3) is 5.65 Å². The summed E-state index contributed by atoms with van der Waals surface area (Å²) in [6, 6.07) is 7.87. The second kappa shape index (κ2) is 5.06. The minimum Gasteiger partial charge on any atom is -0.364 e. The van der Waals surface area contributed by atoms with Gasteiger partial charge in [-0.05, 0) is 24.1 Å². The van der Waals surface area contributed by atoms with Gasteiger partial charge in [-0.25, -0.2) is 9.50 Å². The molecule has 5 heteroatoms. The van der Waals surface area contributed by atoms with Crippen molar-refractivity contribution in [3.8, 4) is 0 Å². The molecule has 96 valence electrons. The van der Waals surface area contributed by atoms with E-state index in [1.165, 1.54) is 5.56 Å². The Hall–Kier alpha value is -2.43. The Bertz CT molecular complexity index is 689. The van der Waals surface area contributed by atoms with Gasteiger partial charge in [0.05, 0.1) is 18.4 Å². The first-order valence-electron chi connectivity index (χ1n) is 6.34. The number of anilines is 1. The van der Waals surface area contributed by atoms with Crippen LogP contribution < -0.4 is 5.32 Å². The average Bonchev–Trinajstić information content (AvgIpc) is 2.93. The maximum atomic E-state index is 4.47. The van der Waals surface area contributed by atoms with Crippen LogP contribution in [0.5, 0.6) is 0 Å². The van der Waals surface area contributed by atoms with E-state index in [0.29, 0.717) is 6.54 Å². The summed E-state index contributed by atoms with van der Waals surface area (Å²) in [6.45, 7) is 2.82. The van der Waals surface area contributed by atoms with Gasteiger partial charge in [0, 0.05) is 18.5 Å². The molecule has 0 spiro atoms. The fourth-order valence-corrected chi connectivity index (χ4v) is 2.04. The Morgan fingerprint density at radius 3 is 3.05 bits per heavy atom. The number of aryl methyl sites for hydroxylation is 1. The second-order valence-electron chi connectivity index (χ2n) is 4.26. The summed E-state index contributed by atoms with van der Waals surface area (Å²) in [5.41, 5.74) is 3.17. The summed E-state index contributed by atoms with van der Waals surface area (Å²) in [5.74, 6) is 0.834. The molecule has 0 aliphatic heterocycles. The molecule has 1 N–H and O–H groups in total. The third kappa shape index (κ3) is 2.40.